The summed E-state index contributed by atoms with van der Waals surface area (Å²) in [6.07, 6.45) is 3.86. The summed E-state index contributed by atoms with van der Waals surface area (Å²) in [5, 5.41) is 0. The Balaban J connectivity index is 2.56. The van der Waals surface area contributed by atoms with Crippen molar-refractivity contribution in [1.29, 1.82) is 0 Å². The predicted molar refractivity (Wildman–Crippen MR) is 52.4 cm³/mol. The number of rotatable bonds is 4. The van der Waals surface area contributed by atoms with Crippen LogP contribution in [0.4, 0.5) is 0 Å². The van der Waals surface area contributed by atoms with Gasteiger partial charge in [0.25, 0.3) is 0 Å². The van der Waals surface area contributed by atoms with Gasteiger partial charge in [-0.15, -0.1) is 0 Å². The van der Waals surface area contributed by atoms with E-state index in [9.17, 15) is 0 Å². The number of pyridine rings is 1. The van der Waals surface area contributed by atoms with Gasteiger partial charge < -0.3 is 10.5 Å². The molecule has 1 rings (SSSR count). The van der Waals surface area contributed by atoms with Gasteiger partial charge in [-0.3, -0.25) is 0 Å². The second-order valence-electron chi connectivity index (χ2n) is 2.55. The maximum absolute atomic E-state index is 5.44. The van der Waals surface area contributed by atoms with Gasteiger partial charge in [-0.1, -0.05) is 18.2 Å². The minimum atomic E-state index is 0.445. The third-order valence-corrected chi connectivity index (χ3v) is 1.55. The van der Waals surface area contributed by atoms with Crippen molar-refractivity contribution in [3.8, 4) is 5.88 Å². The molecule has 0 spiro atoms. The second kappa shape index (κ2) is 5.32. The smallest absolute Gasteiger partial charge is 0.213 e. The topological polar surface area (TPSA) is 48.1 Å². The van der Waals surface area contributed by atoms with E-state index in [2.05, 4.69) is 4.98 Å². The molecule has 0 aromatic carbocycles. The van der Waals surface area contributed by atoms with Crippen LogP contribution in [0.2, 0.25) is 0 Å². The Hall–Kier alpha value is -1.35. The van der Waals surface area contributed by atoms with Crippen molar-refractivity contribution in [2.75, 3.05) is 6.61 Å². The summed E-state index contributed by atoms with van der Waals surface area (Å²) in [5.41, 5.74) is 6.29. The Labute approximate surface area is 78.2 Å². The van der Waals surface area contributed by atoms with Crippen LogP contribution in [-0.4, -0.2) is 11.6 Å². The highest BCUT2D eigenvalue weighted by Crippen LogP contribution is 2.06. The summed E-state index contributed by atoms with van der Waals surface area (Å²) in [6.45, 7) is 2.95. The summed E-state index contributed by atoms with van der Waals surface area (Å²) in [7, 11) is 0. The lowest BCUT2D eigenvalue weighted by molar-refractivity contribution is 0.347. The molecule has 0 aliphatic rings. The van der Waals surface area contributed by atoms with E-state index in [1.165, 1.54) is 0 Å². The van der Waals surface area contributed by atoms with Gasteiger partial charge in [0.15, 0.2) is 0 Å². The Kier molecular flexibility index (Phi) is 3.99. The van der Waals surface area contributed by atoms with Crippen molar-refractivity contribution in [2.24, 2.45) is 5.73 Å². The van der Waals surface area contributed by atoms with E-state index in [-0.39, 0.29) is 0 Å². The quantitative estimate of drug-likeness (QED) is 0.711. The minimum absolute atomic E-state index is 0.445. The lowest BCUT2D eigenvalue weighted by Crippen LogP contribution is -2.02. The van der Waals surface area contributed by atoms with E-state index < -0.39 is 0 Å². The summed E-state index contributed by atoms with van der Waals surface area (Å²) < 4.78 is 5.34. The van der Waals surface area contributed by atoms with Crippen LogP contribution in [0.25, 0.3) is 0 Å². The zero-order valence-corrected chi connectivity index (χ0v) is 7.73. The number of nitrogens with zero attached hydrogens (tertiary/aromatic N) is 1. The van der Waals surface area contributed by atoms with Crippen molar-refractivity contribution in [3.63, 3.8) is 0 Å². The van der Waals surface area contributed by atoms with Gasteiger partial charge in [-0.25, -0.2) is 4.98 Å². The maximum Gasteiger partial charge on any atom is 0.213 e. The first-order valence-corrected chi connectivity index (χ1v) is 4.26. The molecule has 70 valence electrons. The molecule has 0 saturated heterocycles. The van der Waals surface area contributed by atoms with Gasteiger partial charge in [0.05, 0.1) is 5.69 Å². The molecule has 0 radical (unpaired) electrons. The first-order chi connectivity index (χ1) is 6.36. The van der Waals surface area contributed by atoms with Crippen molar-refractivity contribution in [3.05, 3.63) is 36.0 Å². The third kappa shape index (κ3) is 3.25. The Morgan fingerprint density at radius 2 is 2.38 bits per heavy atom. The normalized spacial score (nSPS) is 10.6. The molecule has 1 aromatic heterocycles. The van der Waals surface area contributed by atoms with E-state index in [4.69, 9.17) is 10.5 Å². The first-order valence-electron chi connectivity index (χ1n) is 4.26. The molecule has 0 aliphatic carbocycles. The molecule has 0 amide bonds. The third-order valence-electron chi connectivity index (χ3n) is 1.55. The predicted octanol–water partition coefficient (Wildman–Crippen LogP) is 1.50. The molecular weight excluding hydrogens is 164 g/mol. The van der Waals surface area contributed by atoms with E-state index >= 15 is 0 Å². The van der Waals surface area contributed by atoms with Crippen LogP contribution >= 0.6 is 0 Å². The van der Waals surface area contributed by atoms with Crippen LogP contribution < -0.4 is 10.5 Å². The molecule has 13 heavy (non-hydrogen) atoms. The fourth-order valence-corrected chi connectivity index (χ4v) is 0.881. The summed E-state index contributed by atoms with van der Waals surface area (Å²) in [4.78, 5) is 4.18. The highest BCUT2D eigenvalue weighted by Gasteiger charge is 1.94. The highest BCUT2D eigenvalue weighted by molar-refractivity contribution is 5.15. The van der Waals surface area contributed by atoms with E-state index in [0.717, 1.165) is 5.69 Å². The van der Waals surface area contributed by atoms with Crippen molar-refractivity contribution >= 4 is 0 Å². The molecule has 1 aromatic rings. The van der Waals surface area contributed by atoms with Crippen LogP contribution in [0.1, 0.15) is 12.6 Å². The van der Waals surface area contributed by atoms with Crippen LogP contribution in [0, 0.1) is 0 Å². The monoisotopic (exact) mass is 178 g/mol. The standard InChI is InChI=1S/C10H14N2O/c1-2-3-7-13-10-6-4-5-9(8-11)12-10/h2-6H,7-8,11H2,1H3. The molecule has 0 aliphatic heterocycles. The van der Waals surface area contributed by atoms with Crippen molar-refractivity contribution < 1.29 is 4.74 Å². The minimum Gasteiger partial charge on any atom is -0.473 e. The van der Waals surface area contributed by atoms with Gasteiger partial charge in [0, 0.05) is 12.6 Å². The molecule has 0 atom stereocenters. The fraction of sp³-hybridized carbons (Fsp3) is 0.300. The van der Waals surface area contributed by atoms with Gasteiger partial charge in [0.2, 0.25) is 5.88 Å². The van der Waals surface area contributed by atoms with Gasteiger partial charge in [-0.2, -0.15) is 0 Å². The molecule has 3 heteroatoms. The van der Waals surface area contributed by atoms with Crippen LogP contribution in [0.3, 0.4) is 0 Å². The summed E-state index contributed by atoms with van der Waals surface area (Å²) in [5.74, 6) is 0.626. The summed E-state index contributed by atoms with van der Waals surface area (Å²) in [6, 6.07) is 5.59. The maximum atomic E-state index is 5.44. The lowest BCUT2D eigenvalue weighted by atomic mass is 10.3. The average Bonchev–Trinajstić information content (AvgIpc) is 2.19. The molecule has 0 saturated carbocycles. The molecule has 1 heterocycles. The molecule has 0 unspecified atom stereocenters. The molecule has 0 bridgehead atoms. The molecule has 3 nitrogen and oxygen atoms in total. The van der Waals surface area contributed by atoms with Crippen LogP contribution in [-0.2, 0) is 6.54 Å². The van der Waals surface area contributed by atoms with Crippen molar-refractivity contribution in [2.45, 2.75) is 13.5 Å². The number of ether oxygens (including phenoxy) is 1. The summed E-state index contributed by atoms with van der Waals surface area (Å²) >= 11 is 0. The first kappa shape index (κ1) is 9.74. The number of allylic oxidation sites excluding steroid dienone is 1. The zero-order chi connectivity index (χ0) is 9.52. The zero-order valence-electron chi connectivity index (χ0n) is 7.73. The van der Waals surface area contributed by atoms with E-state index in [1.807, 2.05) is 37.3 Å². The van der Waals surface area contributed by atoms with Crippen molar-refractivity contribution in [1.82, 2.24) is 4.98 Å². The Morgan fingerprint density at radius 1 is 1.54 bits per heavy atom. The number of nitrogens with two attached hydrogens (primary N) is 1. The van der Waals surface area contributed by atoms with Crippen LogP contribution in [0.5, 0.6) is 5.88 Å². The van der Waals surface area contributed by atoms with Crippen LogP contribution in [0.15, 0.2) is 30.4 Å². The van der Waals surface area contributed by atoms with Gasteiger partial charge >= 0.3 is 0 Å². The SMILES string of the molecule is CC=CCOc1cccc(CN)n1. The van der Waals surface area contributed by atoms with Gasteiger partial charge in [0.1, 0.15) is 6.61 Å². The number of hydrogen-bond donors (Lipinski definition) is 1. The largest absolute Gasteiger partial charge is 0.473 e. The van der Waals surface area contributed by atoms with Gasteiger partial charge in [-0.05, 0) is 13.0 Å². The Morgan fingerprint density at radius 3 is 3.08 bits per heavy atom. The van der Waals surface area contributed by atoms with E-state index in [0.29, 0.717) is 19.0 Å². The molecular formula is C10H14N2O. The molecule has 2 N–H and O–H groups in total. The number of aromatic nitrogens is 1. The number of hydrogen-bond acceptors (Lipinski definition) is 3. The second-order valence-corrected chi connectivity index (χ2v) is 2.55. The lowest BCUT2D eigenvalue weighted by Gasteiger charge is -2.02. The average molecular weight is 178 g/mol. The molecule has 0 fully saturated rings. The highest BCUT2D eigenvalue weighted by atomic mass is 16.5. The van der Waals surface area contributed by atoms with E-state index in [1.54, 1.807) is 0 Å². The fourth-order valence-electron chi connectivity index (χ4n) is 0.881. The Bertz CT molecular complexity index is 284.